The summed E-state index contributed by atoms with van der Waals surface area (Å²) < 4.78 is 0. The second-order valence-electron chi connectivity index (χ2n) is 5.59. The molecule has 1 saturated heterocycles. The zero-order chi connectivity index (χ0) is 13.5. The maximum absolute atomic E-state index is 11.4. The molecule has 0 bridgehead atoms. The number of rotatable bonds is 8. The van der Waals surface area contributed by atoms with Crippen LogP contribution in [0.2, 0.25) is 0 Å². The van der Waals surface area contributed by atoms with Crippen LogP contribution in [-0.2, 0) is 4.79 Å². The Labute approximate surface area is 111 Å². The van der Waals surface area contributed by atoms with Crippen molar-refractivity contribution in [1.82, 2.24) is 15.1 Å². The van der Waals surface area contributed by atoms with Gasteiger partial charge >= 0.3 is 0 Å². The molecular weight excluding hydrogens is 228 g/mol. The van der Waals surface area contributed by atoms with Crippen molar-refractivity contribution < 1.29 is 4.79 Å². The Kier molecular flexibility index (Phi) is 6.60. The van der Waals surface area contributed by atoms with Crippen LogP contribution in [0, 0.1) is 0 Å². The van der Waals surface area contributed by atoms with Crippen LogP contribution in [-0.4, -0.2) is 67.6 Å². The van der Waals surface area contributed by atoms with Gasteiger partial charge in [0.1, 0.15) is 0 Å². The van der Waals surface area contributed by atoms with Gasteiger partial charge in [-0.05, 0) is 33.0 Å². The molecule has 0 radical (unpaired) electrons. The van der Waals surface area contributed by atoms with E-state index >= 15 is 0 Å². The quantitative estimate of drug-likeness (QED) is 0.635. The van der Waals surface area contributed by atoms with E-state index in [4.69, 9.17) is 5.73 Å². The van der Waals surface area contributed by atoms with Crippen LogP contribution in [0.4, 0.5) is 0 Å². The maximum Gasteiger partial charge on any atom is 0.235 e. The van der Waals surface area contributed by atoms with E-state index in [1.165, 1.54) is 25.9 Å². The average Bonchev–Trinajstić information content (AvgIpc) is 2.77. The predicted molar refractivity (Wildman–Crippen MR) is 74.4 cm³/mol. The molecule has 5 heteroatoms. The third-order valence-electron chi connectivity index (χ3n) is 3.37. The van der Waals surface area contributed by atoms with Gasteiger partial charge in [-0.3, -0.25) is 4.79 Å². The highest BCUT2D eigenvalue weighted by Crippen LogP contribution is 2.06. The lowest BCUT2D eigenvalue weighted by molar-refractivity contribution is -0.120. The average molecular weight is 256 g/mol. The van der Waals surface area contributed by atoms with E-state index in [0.717, 1.165) is 13.1 Å². The molecule has 1 fully saturated rings. The van der Waals surface area contributed by atoms with E-state index in [1.807, 2.05) is 20.9 Å². The van der Waals surface area contributed by atoms with Crippen LogP contribution in [0.25, 0.3) is 0 Å². The molecule has 1 unspecified atom stereocenters. The molecule has 1 amide bonds. The summed E-state index contributed by atoms with van der Waals surface area (Å²) in [6, 6.07) is 0.0167. The van der Waals surface area contributed by atoms with Gasteiger partial charge in [-0.1, -0.05) is 13.8 Å². The molecule has 1 aliphatic heterocycles. The van der Waals surface area contributed by atoms with Gasteiger partial charge in [0.15, 0.2) is 0 Å². The highest BCUT2D eigenvalue weighted by atomic mass is 16.1. The Hall–Kier alpha value is -0.650. The third-order valence-corrected chi connectivity index (χ3v) is 3.37. The van der Waals surface area contributed by atoms with Gasteiger partial charge in [0, 0.05) is 25.7 Å². The van der Waals surface area contributed by atoms with Crippen LogP contribution in [0.5, 0.6) is 0 Å². The smallest absolute Gasteiger partial charge is 0.235 e. The van der Waals surface area contributed by atoms with Crippen molar-refractivity contribution in [3.63, 3.8) is 0 Å². The zero-order valence-corrected chi connectivity index (χ0v) is 12.0. The SMILES string of the molecule is CC(C)NC(CN(C)CCN1CCCC1)C(N)=O. The van der Waals surface area contributed by atoms with Crippen molar-refractivity contribution in [3.8, 4) is 0 Å². The van der Waals surface area contributed by atoms with Crippen molar-refractivity contribution >= 4 is 5.91 Å². The fourth-order valence-corrected chi connectivity index (χ4v) is 2.35. The summed E-state index contributed by atoms with van der Waals surface area (Å²) in [5, 5.41) is 3.21. The third kappa shape index (κ3) is 5.80. The number of carbonyl (C=O) groups excluding carboxylic acids is 1. The number of likely N-dealkylation sites (N-methyl/N-ethyl adjacent to an activating group) is 1. The van der Waals surface area contributed by atoms with Gasteiger partial charge in [-0.2, -0.15) is 0 Å². The van der Waals surface area contributed by atoms with Crippen molar-refractivity contribution in [2.75, 3.05) is 39.8 Å². The standard InChI is InChI=1S/C13H28N4O/c1-11(2)15-12(13(14)18)10-16(3)8-9-17-6-4-5-7-17/h11-12,15H,4-10H2,1-3H3,(H2,14,18). The van der Waals surface area contributed by atoms with E-state index in [9.17, 15) is 4.79 Å². The predicted octanol–water partition coefficient (Wildman–Crippen LogP) is -0.134. The van der Waals surface area contributed by atoms with E-state index in [1.54, 1.807) is 0 Å². The number of primary amides is 1. The molecule has 3 N–H and O–H groups in total. The topological polar surface area (TPSA) is 61.6 Å². The van der Waals surface area contributed by atoms with Crippen molar-refractivity contribution in [3.05, 3.63) is 0 Å². The summed E-state index contributed by atoms with van der Waals surface area (Å²) in [5.41, 5.74) is 5.41. The molecule has 1 atom stereocenters. The van der Waals surface area contributed by atoms with Gasteiger partial charge < -0.3 is 20.9 Å². The molecule has 1 heterocycles. The van der Waals surface area contributed by atoms with Gasteiger partial charge in [-0.25, -0.2) is 0 Å². The van der Waals surface area contributed by atoms with Crippen LogP contribution in [0.3, 0.4) is 0 Å². The summed E-state index contributed by atoms with van der Waals surface area (Å²) in [6.07, 6.45) is 2.64. The summed E-state index contributed by atoms with van der Waals surface area (Å²) in [6.45, 7) is 9.25. The Morgan fingerprint density at radius 1 is 1.39 bits per heavy atom. The van der Waals surface area contributed by atoms with E-state index < -0.39 is 0 Å². The Balaban J connectivity index is 2.26. The molecule has 0 aromatic rings. The van der Waals surface area contributed by atoms with E-state index in [0.29, 0.717) is 6.54 Å². The fraction of sp³-hybridized carbons (Fsp3) is 0.923. The molecule has 0 saturated carbocycles. The minimum absolute atomic E-state index is 0.256. The van der Waals surface area contributed by atoms with Crippen LogP contribution in [0.15, 0.2) is 0 Å². The van der Waals surface area contributed by atoms with E-state index in [2.05, 4.69) is 15.1 Å². The summed E-state index contributed by atoms with van der Waals surface area (Å²) in [5.74, 6) is -0.267. The van der Waals surface area contributed by atoms with Gasteiger partial charge in [0.2, 0.25) is 5.91 Å². The molecule has 106 valence electrons. The lowest BCUT2D eigenvalue weighted by Gasteiger charge is -2.26. The molecule has 0 spiro atoms. The molecule has 0 aliphatic carbocycles. The fourth-order valence-electron chi connectivity index (χ4n) is 2.35. The lowest BCUT2D eigenvalue weighted by Crippen LogP contribution is -2.51. The first-order valence-electron chi connectivity index (χ1n) is 6.95. The normalized spacial score (nSPS) is 18.7. The van der Waals surface area contributed by atoms with Crippen molar-refractivity contribution in [1.29, 1.82) is 0 Å². The number of nitrogens with one attached hydrogen (secondary N) is 1. The first-order chi connectivity index (χ1) is 8.49. The molecule has 18 heavy (non-hydrogen) atoms. The van der Waals surface area contributed by atoms with E-state index in [-0.39, 0.29) is 18.0 Å². The number of nitrogens with zero attached hydrogens (tertiary/aromatic N) is 2. The second-order valence-corrected chi connectivity index (χ2v) is 5.59. The first-order valence-corrected chi connectivity index (χ1v) is 6.95. The van der Waals surface area contributed by atoms with Crippen LogP contribution < -0.4 is 11.1 Å². The summed E-state index contributed by atoms with van der Waals surface area (Å²) in [7, 11) is 2.05. The summed E-state index contributed by atoms with van der Waals surface area (Å²) in [4.78, 5) is 16.0. The second kappa shape index (κ2) is 7.71. The van der Waals surface area contributed by atoms with Crippen molar-refractivity contribution in [2.45, 2.75) is 38.8 Å². The Bertz CT molecular complexity index is 251. The van der Waals surface area contributed by atoms with Gasteiger partial charge in [0.05, 0.1) is 6.04 Å². The Morgan fingerprint density at radius 3 is 2.50 bits per heavy atom. The number of hydrogen-bond donors (Lipinski definition) is 2. The highest BCUT2D eigenvalue weighted by Gasteiger charge is 2.19. The number of carbonyl (C=O) groups is 1. The molecule has 0 aromatic carbocycles. The highest BCUT2D eigenvalue weighted by molar-refractivity contribution is 5.80. The molecule has 5 nitrogen and oxygen atoms in total. The number of hydrogen-bond acceptors (Lipinski definition) is 4. The summed E-state index contributed by atoms with van der Waals surface area (Å²) >= 11 is 0. The van der Waals surface area contributed by atoms with Crippen LogP contribution >= 0.6 is 0 Å². The van der Waals surface area contributed by atoms with Crippen LogP contribution in [0.1, 0.15) is 26.7 Å². The number of amides is 1. The zero-order valence-electron chi connectivity index (χ0n) is 12.0. The van der Waals surface area contributed by atoms with Gasteiger partial charge in [0.25, 0.3) is 0 Å². The number of likely N-dealkylation sites (tertiary alicyclic amines) is 1. The number of nitrogens with two attached hydrogens (primary N) is 1. The first kappa shape index (κ1) is 15.4. The minimum atomic E-state index is -0.267. The Morgan fingerprint density at radius 2 is 2.00 bits per heavy atom. The maximum atomic E-state index is 11.4. The molecular formula is C13H28N4O. The molecule has 1 rings (SSSR count). The minimum Gasteiger partial charge on any atom is -0.368 e. The lowest BCUT2D eigenvalue weighted by atomic mass is 10.2. The largest absolute Gasteiger partial charge is 0.368 e. The van der Waals surface area contributed by atoms with Gasteiger partial charge in [-0.15, -0.1) is 0 Å². The molecule has 1 aliphatic rings. The molecule has 0 aromatic heterocycles. The van der Waals surface area contributed by atoms with Crippen molar-refractivity contribution in [2.24, 2.45) is 5.73 Å². The monoisotopic (exact) mass is 256 g/mol.